The molecule has 1 aliphatic rings. The SMILES string of the molecule is CC(C(=O)c1nccn1C)C(=O)C1CC1. The summed E-state index contributed by atoms with van der Waals surface area (Å²) in [5.74, 6) is -0.137. The van der Waals surface area contributed by atoms with Crippen LogP contribution in [0.4, 0.5) is 0 Å². The molecule has 0 aliphatic heterocycles. The van der Waals surface area contributed by atoms with Gasteiger partial charge in [0.2, 0.25) is 5.78 Å². The van der Waals surface area contributed by atoms with Crippen LogP contribution in [-0.2, 0) is 11.8 Å². The predicted molar refractivity (Wildman–Crippen MR) is 54.4 cm³/mol. The lowest BCUT2D eigenvalue weighted by Gasteiger charge is -2.08. The molecule has 1 unspecified atom stereocenters. The molecule has 0 aromatic carbocycles. The summed E-state index contributed by atoms with van der Waals surface area (Å²) >= 11 is 0. The zero-order chi connectivity index (χ0) is 11.0. The van der Waals surface area contributed by atoms with E-state index in [1.807, 2.05) is 0 Å². The number of rotatable bonds is 4. The van der Waals surface area contributed by atoms with E-state index in [1.165, 1.54) is 0 Å². The largest absolute Gasteiger partial charge is 0.332 e. The molecule has 1 aromatic heterocycles. The quantitative estimate of drug-likeness (QED) is 0.549. The van der Waals surface area contributed by atoms with Gasteiger partial charge in [-0.2, -0.15) is 0 Å². The van der Waals surface area contributed by atoms with E-state index in [4.69, 9.17) is 0 Å². The van der Waals surface area contributed by atoms with E-state index < -0.39 is 5.92 Å². The van der Waals surface area contributed by atoms with Crippen LogP contribution in [-0.4, -0.2) is 21.1 Å². The number of carbonyl (C=O) groups excluding carboxylic acids is 2. The van der Waals surface area contributed by atoms with E-state index in [-0.39, 0.29) is 17.5 Å². The number of hydrogen-bond acceptors (Lipinski definition) is 3. The van der Waals surface area contributed by atoms with Gasteiger partial charge in [0.1, 0.15) is 5.78 Å². The number of aromatic nitrogens is 2. The fourth-order valence-electron chi connectivity index (χ4n) is 1.65. The van der Waals surface area contributed by atoms with Crippen LogP contribution >= 0.6 is 0 Å². The Morgan fingerprint density at radius 2 is 2.20 bits per heavy atom. The fourth-order valence-corrected chi connectivity index (χ4v) is 1.65. The second-order valence-electron chi connectivity index (χ2n) is 4.12. The van der Waals surface area contributed by atoms with Gasteiger partial charge in [0, 0.05) is 25.4 Å². The van der Waals surface area contributed by atoms with Gasteiger partial charge >= 0.3 is 0 Å². The van der Waals surface area contributed by atoms with E-state index in [2.05, 4.69) is 4.98 Å². The lowest BCUT2D eigenvalue weighted by atomic mass is 9.97. The smallest absolute Gasteiger partial charge is 0.208 e. The van der Waals surface area contributed by atoms with Crippen molar-refractivity contribution in [3.05, 3.63) is 18.2 Å². The number of hydrogen-bond donors (Lipinski definition) is 0. The van der Waals surface area contributed by atoms with Gasteiger partial charge in [-0.3, -0.25) is 9.59 Å². The summed E-state index contributed by atoms with van der Waals surface area (Å²) < 4.78 is 1.65. The first-order chi connectivity index (χ1) is 7.11. The Morgan fingerprint density at radius 3 is 2.67 bits per heavy atom. The molecule has 1 aliphatic carbocycles. The summed E-state index contributed by atoms with van der Waals surface area (Å²) in [6.07, 6.45) is 5.16. The van der Waals surface area contributed by atoms with Crippen LogP contribution in [0.15, 0.2) is 12.4 Å². The van der Waals surface area contributed by atoms with Gasteiger partial charge in [0.05, 0.1) is 5.92 Å². The van der Waals surface area contributed by atoms with E-state index in [0.717, 1.165) is 12.8 Å². The molecule has 0 bridgehead atoms. The van der Waals surface area contributed by atoms with Crippen molar-refractivity contribution in [3.63, 3.8) is 0 Å². The van der Waals surface area contributed by atoms with Gasteiger partial charge in [-0.25, -0.2) is 4.98 Å². The molecular formula is C11H14N2O2. The molecule has 1 aromatic rings. The lowest BCUT2D eigenvalue weighted by Crippen LogP contribution is -2.24. The Morgan fingerprint density at radius 1 is 1.53 bits per heavy atom. The Hall–Kier alpha value is -1.45. The first-order valence-electron chi connectivity index (χ1n) is 5.16. The molecule has 1 fully saturated rings. The molecule has 0 saturated heterocycles. The first kappa shape index (κ1) is 10.1. The second-order valence-corrected chi connectivity index (χ2v) is 4.12. The molecule has 80 valence electrons. The molecule has 1 atom stereocenters. The van der Waals surface area contributed by atoms with Gasteiger partial charge in [0.15, 0.2) is 5.82 Å². The number of nitrogens with zero attached hydrogens (tertiary/aromatic N) is 2. The maximum absolute atomic E-state index is 11.9. The van der Waals surface area contributed by atoms with E-state index in [9.17, 15) is 9.59 Å². The number of aryl methyl sites for hydroxylation is 1. The summed E-state index contributed by atoms with van der Waals surface area (Å²) in [5.41, 5.74) is 0. The van der Waals surface area contributed by atoms with E-state index in [1.54, 1.807) is 30.9 Å². The molecule has 4 heteroatoms. The third-order valence-electron chi connectivity index (χ3n) is 2.84. The minimum absolute atomic E-state index is 0.0722. The van der Waals surface area contributed by atoms with Crippen molar-refractivity contribution in [1.29, 1.82) is 0 Å². The van der Waals surface area contributed by atoms with Crippen LogP contribution in [0, 0.1) is 11.8 Å². The molecule has 15 heavy (non-hydrogen) atoms. The Bertz CT molecular complexity index is 404. The van der Waals surface area contributed by atoms with Crippen molar-refractivity contribution >= 4 is 11.6 Å². The second kappa shape index (κ2) is 3.61. The van der Waals surface area contributed by atoms with Crippen LogP contribution in [0.5, 0.6) is 0 Å². The van der Waals surface area contributed by atoms with Crippen LogP contribution in [0.1, 0.15) is 30.4 Å². The molecule has 4 nitrogen and oxygen atoms in total. The Kier molecular flexibility index (Phi) is 2.42. The average Bonchev–Trinajstić information content (AvgIpc) is 2.98. The van der Waals surface area contributed by atoms with Crippen LogP contribution < -0.4 is 0 Å². The normalized spacial score (nSPS) is 17.5. The van der Waals surface area contributed by atoms with Crippen LogP contribution in [0.3, 0.4) is 0 Å². The minimum Gasteiger partial charge on any atom is -0.332 e. The van der Waals surface area contributed by atoms with Crippen molar-refractivity contribution in [3.8, 4) is 0 Å². The van der Waals surface area contributed by atoms with Crippen molar-refractivity contribution < 1.29 is 9.59 Å². The topological polar surface area (TPSA) is 52.0 Å². The van der Waals surface area contributed by atoms with Gasteiger partial charge in [0.25, 0.3) is 0 Å². The molecule has 0 N–H and O–H groups in total. The van der Waals surface area contributed by atoms with E-state index in [0.29, 0.717) is 5.82 Å². The van der Waals surface area contributed by atoms with Crippen molar-refractivity contribution in [1.82, 2.24) is 9.55 Å². The summed E-state index contributed by atoms with van der Waals surface area (Å²) in [4.78, 5) is 27.6. The Labute approximate surface area is 88.3 Å². The van der Waals surface area contributed by atoms with Gasteiger partial charge in [-0.1, -0.05) is 0 Å². The molecule has 0 amide bonds. The predicted octanol–water partition coefficient (Wildman–Crippen LogP) is 1.22. The van der Waals surface area contributed by atoms with Crippen molar-refractivity contribution in [2.45, 2.75) is 19.8 Å². The summed E-state index contributed by atoms with van der Waals surface area (Å²) in [5, 5.41) is 0. The summed E-state index contributed by atoms with van der Waals surface area (Å²) in [6.45, 7) is 1.68. The van der Waals surface area contributed by atoms with Crippen molar-refractivity contribution in [2.75, 3.05) is 0 Å². The molecule has 0 spiro atoms. The third-order valence-corrected chi connectivity index (χ3v) is 2.84. The highest BCUT2D eigenvalue weighted by Gasteiger charge is 2.36. The zero-order valence-electron chi connectivity index (χ0n) is 8.93. The monoisotopic (exact) mass is 206 g/mol. The molecule has 1 saturated carbocycles. The molecule has 1 heterocycles. The highest BCUT2D eigenvalue weighted by molar-refractivity contribution is 6.09. The van der Waals surface area contributed by atoms with Gasteiger partial charge < -0.3 is 4.57 Å². The van der Waals surface area contributed by atoms with E-state index >= 15 is 0 Å². The number of carbonyl (C=O) groups is 2. The third kappa shape index (κ3) is 1.84. The molecular weight excluding hydrogens is 192 g/mol. The number of imidazole rings is 1. The maximum atomic E-state index is 11.9. The standard InChI is InChI=1S/C11H14N2O2/c1-7(9(14)8-3-4-8)10(15)11-12-5-6-13(11)2/h5-8H,3-4H2,1-2H3. The fraction of sp³-hybridized carbons (Fsp3) is 0.545. The highest BCUT2D eigenvalue weighted by atomic mass is 16.2. The van der Waals surface area contributed by atoms with Gasteiger partial charge in [-0.15, -0.1) is 0 Å². The summed E-state index contributed by atoms with van der Waals surface area (Å²) in [7, 11) is 1.76. The maximum Gasteiger partial charge on any atom is 0.208 e. The van der Waals surface area contributed by atoms with Crippen LogP contribution in [0.25, 0.3) is 0 Å². The lowest BCUT2D eigenvalue weighted by molar-refractivity contribution is -0.122. The zero-order valence-corrected chi connectivity index (χ0v) is 8.93. The highest BCUT2D eigenvalue weighted by Crippen LogP contribution is 2.33. The summed E-state index contributed by atoms with van der Waals surface area (Å²) in [6, 6.07) is 0. The molecule has 0 radical (unpaired) electrons. The van der Waals surface area contributed by atoms with Gasteiger partial charge in [-0.05, 0) is 19.8 Å². The average molecular weight is 206 g/mol. The van der Waals surface area contributed by atoms with Crippen LogP contribution in [0.2, 0.25) is 0 Å². The Balaban J connectivity index is 2.13. The first-order valence-corrected chi connectivity index (χ1v) is 5.16. The minimum atomic E-state index is -0.543. The van der Waals surface area contributed by atoms with Crippen molar-refractivity contribution in [2.24, 2.45) is 18.9 Å². The number of ketones is 2. The molecule has 2 rings (SSSR count). The number of Topliss-reactive ketones (excluding diaryl/α,β-unsaturated/α-hetero) is 2.